The Morgan fingerprint density at radius 1 is 1.53 bits per heavy atom. The predicted molar refractivity (Wildman–Crippen MR) is 72.6 cm³/mol. The number of anilines is 1. The average Bonchev–Trinajstić information content (AvgIpc) is 2.95. The summed E-state index contributed by atoms with van der Waals surface area (Å²) in [5.74, 6) is 0.0466. The zero-order valence-electron chi connectivity index (χ0n) is 11.2. The minimum Gasteiger partial charge on any atom is -0.465 e. The maximum absolute atomic E-state index is 12.1. The molecule has 2 heterocycles. The van der Waals surface area contributed by atoms with E-state index in [1.54, 1.807) is 11.8 Å². The molecule has 2 amide bonds. The van der Waals surface area contributed by atoms with E-state index in [2.05, 4.69) is 16.6 Å². The first-order valence-corrected chi connectivity index (χ1v) is 6.90. The van der Waals surface area contributed by atoms with Crippen molar-refractivity contribution in [3.63, 3.8) is 0 Å². The van der Waals surface area contributed by atoms with Gasteiger partial charge in [0.25, 0.3) is 0 Å². The van der Waals surface area contributed by atoms with Crippen molar-refractivity contribution in [2.75, 3.05) is 25.5 Å². The smallest absolute Gasteiger partial charge is 0.342 e. The van der Waals surface area contributed by atoms with Gasteiger partial charge in [-0.15, -0.1) is 0 Å². The molecule has 0 aromatic carbocycles. The number of carbonyl (C=O) groups excluding carboxylic acids is 2. The van der Waals surface area contributed by atoms with E-state index < -0.39 is 5.97 Å². The molecular weight excluding hydrogens is 266 g/mol. The molecular formula is C12H17N3O3S. The van der Waals surface area contributed by atoms with Gasteiger partial charge < -0.3 is 9.64 Å². The maximum atomic E-state index is 12.1. The Morgan fingerprint density at radius 2 is 2.26 bits per heavy atom. The van der Waals surface area contributed by atoms with Crippen molar-refractivity contribution in [2.24, 2.45) is 5.92 Å². The molecule has 0 spiro atoms. The summed E-state index contributed by atoms with van der Waals surface area (Å²) in [7, 11) is 1.31. The van der Waals surface area contributed by atoms with Gasteiger partial charge in [-0.05, 0) is 30.8 Å². The standard InChI is InChI=1S/C12H17N3O3S/c1-7-4-5-15(6-7)12(17)13-10-9(11(16)18-3)8(2)14-19-10/h7H,4-6H2,1-3H3,(H,13,17)/t7-/m0/s1. The molecule has 6 nitrogen and oxygen atoms in total. The minimum atomic E-state index is -0.476. The van der Waals surface area contributed by atoms with Crippen LogP contribution in [-0.4, -0.2) is 41.5 Å². The fraction of sp³-hybridized carbons (Fsp3) is 0.583. The normalized spacial score (nSPS) is 18.5. The number of hydrogen-bond donors (Lipinski definition) is 1. The molecule has 0 unspecified atom stereocenters. The number of esters is 1. The lowest BCUT2D eigenvalue weighted by atomic mass is 10.2. The molecule has 1 N–H and O–H groups in total. The van der Waals surface area contributed by atoms with E-state index in [0.29, 0.717) is 22.2 Å². The van der Waals surface area contributed by atoms with Crippen LogP contribution in [0.2, 0.25) is 0 Å². The highest BCUT2D eigenvalue weighted by atomic mass is 32.1. The summed E-state index contributed by atoms with van der Waals surface area (Å²) in [4.78, 5) is 25.5. The Labute approximate surface area is 115 Å². The van der Waals surface area contributed by atoms with Crippen LogP contribution >= 0.6 is 11.5 Å². The second-order valence-electron chi connectivity index (χ2n) is 4.73. The predicted octanol–water partition coefficient (Wildman–Crippen LogP) is 2.11. The number of aromatic nitrogens is 1. The van der Waals surface area contributed by atoms with Crippen LogP contribution in [0.4, 0.5) is 9.80 Å². The van der Waals surface area contributed by atoms with Crippen LogP contribution in [0.3, 0.4) is 0 Å². The molecule has 0 saturated carbocycles. The number of likely N-dealkylation sites (tertiary alicyclic amines) is 1. The van der Waals surface area contributed by atoms with Gasteiger partial charge in [0, 0.05) is 13.1 Å². The molecule has 104 valence electrons. The Kier molecular flexibility index (Phi) is 4.04. The SMILES string of the molecule is COC(=O)c1c(C)nsc1NC(=O)N1CC[C@H](C)C1. The number of nitrogens with one attached hydrogen (secondary N) is 1. The van der Waals surface area contributed by atoms with Crippen molar-refractivity contribution in [3.05, 3.63) is 11.3 Å². The van der Waals surface area contributed by atoms with E-state index in [1.807, 2.05) is 0 Å². The van der Waals surface area contributed by atoms with Crippen LogP contribution in [0.15, 0.2) is 0 Å². The molecule has 1 aromatic heterocycles. The Balaban J connectivity index is 2.11. The molecule has 0 aliphatic carbocycles. The summed E-state index contributed by atoms with van der Waals surface area (Å²) in [6.07, 6.45) is 1.01. The first-order chi connectivity index (χ1) is 9.02. The summed E-state index contributed by atoms with van der Waals surface area (Å²) < 4.78 is 8.79. The summed E-state index contributed by atoms with van der Waals surface area (Å²) in [5.41, 5.74) is 0.912. The lowest BCUT2D eigenvalue weighted by Crippen LogP contribution is -2.33. The van der Waals surface area contributed by atoms with Gasteiger partial charge in [-0.1, -0.05) is 6.92 Å². The Morgan fingerprint density at radius 3 is 2.84 bits per heavy atom. The van der Waals surface area contributed by atoms with Crippen molar-refractivity contribution in [2.45, 2.75) is 20.3 Å². The molecule has 1 atom stereocenters. The van der Waals surface area contributed by atoms with Crippen molar-refractivity contribution >= 4 is 28.5 Å². The highest BCUT2D eigenvalue weighted by Crippen LogP contribution is 2.26. The monoisotopic (exact) mass is 283 g/mol. The van der Waals surface area contributed by atoms with E-state index in [0.717, 1.165) is 31.0 Å². The molecule has 1 aromatic rings. The Hall–Kier alpha value is -1.63. The fourth-order valence-corrected chi connectivity index (χ4v) is 2.87. The van der Waals surface area contributed by atoms with Crippen LogP contribution in [0.5, 0.6) is 0 Å². The molecule has 0 radical (unpaired) electrons. The number of nitrogens with zero attached hydrogens (tertiary/aromatic N) is 2. The summed E-state index contributed by atoms with van der Waals surface area (Å²) in [6.45, 7) is 5.33. The number of aryl methyl sites for hydroxylation is 1. The topological polar surface area (TPSA) is 71.5 Å². The maximum Gasteiger partial charge on any atom is 0.342 e. The Bertz CT molecular complexity index is 500. The van der Waals surface area contributed by atoms with Crippen molar-refractivity contribution < 1.29 is 14.3 Å². The third-order valence-electron chi connectivity index (χ3n) is 3.18. The highest BCUT2D eigenvalue weighted by molar-refractivity contribution is 7.11. The zero-order valence-corrected chi connectivity index (χ0v) is 12.0. The van der Waals surface area contributed by atoms with Gasteiger partial charge in [-0.2, -0.15) is 4.37 Å². The van der Waals surface area contributed by atoms with E-state index >= 15 is 0 Å². The molecule has 1 aliphatic heterocycles. The largest absolute Gasteiger partial charge is 0.465 e. The number of hydrogen-bond acceptors (Lipinski definition) is 5. The number of amides is 2. The second-order valence-corrected chi connectivity index (χ2v) is 5.51. The van der Waals surface area contributed by atoms with E-state index in [9.17, 15) is 9.59 Å². The van der Waals surface area contributed by atoms with Crippen LogP contribution < -0.4 is 5.32 Å². The van der Waals surface area contributed by atoms with E-state index in [-0.39, 0.29) is 6.03 Å². The van der Waals surface area contributed by atoms with Crippen LogP contribution in [0.1, 0.15) is 29.4 Å². The molecule has 1 saturated heterocycles. The number of urea groups is 1. The molecule has 1 aliphatic rings. The van der Waals surface area contributed by atoms with Crippen LogP contribution in [-0.2, 0) is 4.74 Å². The fourth-order valence-electron chi connectivity index (χ4n) is 2.09. The van der Waals surface area contributed by atoms with Gasteiger partial charge >= 0.3 is 12.0 Å². The van der Waals surface area contributed by atoms with Gasteiger partial charge in [-0.25, -0.2) is 9.59 Å². The van der Waals surface area contributed by atoms with Crippen LogP contribution in [0, 0.1) is 12.8 Å². The summed E-state index contributed by atoms with van der Waals surface area (Å²) in [5, 5.41) is 3.20. The van der Waals surface area contributed by atoms with Crippen molar-refractivity contribution in [1.82, 2.24) is 9.27 Å². The number of carbonyl (C=O) groups is 2. The molecule has 0 bridgehead atoms. The second kappa shape index (κ2) is 5.56. The van der Waals surface area contributed by atoms with Gasteiger partial charge in [0.1, 0.15) is 10.6 Å². The highest BCUT2D eigenvalue weighted by Gasteiger charge is 2.26. The van der Waals surface area contributed by atoms with Gasteiger partial charge in [0.2, 0.25) is 0 Å². The lowest BCUT2D eigenvalue weighted by Gasteiger charge is -2.16. The van der Waals surface area contributed by atoms with Crippen LogP contribution in [0.25, 0.3) is 0 Å². The van der Waals surface area contributed by atoms with E-state index in [1.165, 1.54) is 7.11 Å². The first-order valence-electron chi connectivity index (χ1n) is 6.13. The summed E-state index contributed by atoms with van der Waals surface area (Å²) in [6, 6.07) is -0.182. The zero-order chi connectivity index (χ0) is 14.0. The summed E-state index contributed by atoms with van der Waals surface area (Å²) >= 11 is 1.10. The molecule has 19 heavy (non-hydrogen) atoms. The first kappa shape index (κ1) is 13.8. The quantitative estimate of drug-likeness (QED) is 0.844. The van der Waals surface area contributed by atoms with Gasteiger partial charge in [0.05, 0.1) is 12.8 Å². The number of ether oxygens (including phenoxy) is 1. The van der Waals surface area contributed by atoms with Gasteiger partial charge in [0.15, 0.2) is 0 Å². The number of methoxy groups -OCH3 is 1. The molecule has 2 rings (SSSR count). The molecule has 7 heteroatoms. The van der Waals surface area contributed by atoms with Gasteiger partial charge in [-0.3, -0.25) is 5.32 Å². The van der Waals surface area contributed by atoms with Crippen molar-refractivity contribution in [3.8, 4) is 0 Å². The average molecular weight is 283 g/mol. The third-order valence-corrected chi connectivity index (χ3v) is 4.04. The lowest BCUT2D eigenvalue weighted by molar-refractivity contribution is 0.0601. The van der Waals surface area contributed by atoms with E-state index in [4.69, 9.17) is 4.74 Å². The molecule has 1 fully saturated rings. The van der Waals surface area contributed by atoms with Crippen molar-refractivity contribution in [1.29, 1.82) is 0 Å². The number of rotatable bonds is 2. The third kappa shape index (κ3) is 2.86. The minimum absolute atomic E-state index is 0.182.